The highest BCUT2D eigenvalue weighted by Crippen LogP contribution is 2.32. The van der Waals surface area contributed by atoms with E-state index in [1.54, 1.807) is 6.92 Å². The average Bonchev–Trinajstić information content (AvgIpc) is 2.58. The second-order valence-electron chi connectivity index (χ2n) is 6.95. The third kappa shape index (κ3) is 5.48. The fraction of sp³-hybridized carbons (Fsp3) is 0.579. The number of carbonyl (C=O) groups excluding carboxylic acids is 2. The summed E-state index contributed by atoms with van der Waals surface area (Å²) in [6.45, 7) is 8.00. The monoisotopic (exact) mass is 400 g/mol. The van der Waals surface area contributed by atoms with Crippen LogP contribution < -0.4 is 10.1 Å². The SMILES string of the molecule is CCOC(=O)C1CC(C)CCN1C(=O)Nc1cc(OC(C)C)c(Cl)cc1F. The molecule has 0 aliphatic carbocycles. The fourth-order valence-electron chi connectivity index (χ4n) is 3.00. The smallest absolute Gasteiger partial charge is 0.328 e. The number of urea groups is 1. The lowest BCUT2D eigenvalue weighted by Crippen LogP contribution is -2.52. The van der Waals surface area contributed by atoms with Gasteiger partial charge in [0.15, 0.2) is 0 Å². The van der Waals surface area contributed by atoms with Crippen molar-refractivity contribution in [2.75, 3.05) is 18.5 Å². The van der Waals surface area contributed by atoms with Crippen LogP contribution in [0.1, 0.15) is 40.5 Å². The molecular formula is C19H26ClFN2O4. The van der Waals surface area contributed by atoms with Gasteiger partial charge in [-0.25, -0.2) is 14.0 Å². The molecular weight excluding hydrogens is 375 g/mol. The third-order valence-electron chi connectivity index (χ3n) is 4.31. The molecule has 1 aliphatic heterocycles. The number of amides is 2. The van der Waals surface area contributed by atoms with E-state index in [0.717, 1.165) is 12.5 Å². The maximum atomic E-state index is 14.3. The van der Waals surface area contributed by atoms with Crippen LogP contribution >= 0.6 is 11.6 Å². The van der Waals surface area contributed by atoms with E-state index >= 15 is 0 Å². The van der Waals surface area contributed by atoms with Gasteiger partial charge < -0.3 is 19.7 Å². The average molecular weight is 401 g/mol. The molecule has 6 nitrogen and oxygen atoms in total. The van der Waals surface area contributed by atoms with Crippen LogP contribution in [0, 0.1) is 11.7 Å². The van der Waals surface area contributed by atoms with Gasteiger partial charge in [-0.1, -0.05) is 18.5 Å². The number of nitrogens with one attached hydrogen (secondary N) is 1. The summed E-state index contributed by atoms with van der Waals surface area (Å²) in [5.41, 5.74) is -0.0544. The first-order valence-electron chi connectivity index (χ1n) is 9.12. The van der Waals surface area contributed by atoms with E-state index in [1.807, 2.05) is 20.8 Å². The maximum absolute atomic E-state index is 14.3. The standard InChI is InChI=1S/C19H26ClFN2O4/c1-5-26-18(24)16-8-12(4)6-7-23(16)19(25)22-15-10-17(27-11(2)3)13(20)9-14(15)21/h9-12,16H,5-8H2,1-4H3,(H,22,25). The molecule has 27 heavy (non-hydrogen) atoms. The molecule has 1 heterocycles. The number of piperidine rings is 1. The maximum Gasteiger partial charge on any atom is 0.328 e. The van der Waals surface area contributed by atoms with Gasteiger partial charge in [0.25, 0.3) is 0 Å². The Labute approximate surface area is 163 Å². The molecule has 0 spiro atoms. The van der Waals surface area contributed by atoms with Crippen molar-refractivity contribution in [1.29, 1.82) is 0 Å². The van der Waals surface area contributed by atoms with Gasteiger partial charge in [0, 0.05) is 12.6 Å². The van der Waals surface area contributed by atoms with Crippen LogP contribution in [0.3, 0.4) is 0 Å². The number of carbonyl (C=O) groups is 2. The molecule has 1 aromatic rings. The molecule has 1 saturated heterocycles. The number of likely N-dealkylation sites (tertiary alicyclic amines) is 1. The molecule has 2 amide bonds. The van der Waals surface area contributed by atoms with E-state index < -0.39 is 23.9 Å². The molecule has 1 fully saturated rings. The van der Waals surface area contributed by atoms with E-state index in [9.17, 15) is 14.0 Å². The summed E-state index contributed by atoms with van der Waals surface area (Å²) in [5.74, 6) is -0.554. The first-order chi connectivity index (χ1) is 12.7. The molecule has 0 saturated carbocycles. The largest absolute Gasteiger partial charge is 0.489 e. The van der Waals surface area contributed by atoms with Gasteiger partial charge in [0.2, 0.25) is 0 Å². The van der Waals surface area contributed by atoms with Crippen molar-refractivity contribution in [2.45, 2.75) is 52.7 Å². The Bertz CT molecular complexity index is 699. The lowest BCUT2D eigenvalue weighted by Gasteiger charge is -2.36. The quantitative estimate of drug-likeness (QED) is 0.741. The van der Waals surface area contributed by atoms with Gasteiger partial charge in [-0.3, -0.25) is 0 Å². The van der Waals surface area contributed by atoms with E-state index in [1.165, 1.54) is 11.0 Å². The van der Waals surface area contributed by atoms with Crippen LogP contribution in [0.5, 0.6) is 5.75 Å². The molecule has 150 valence electrons. The predicted molar refractivity (Wildman–Crippen MR) is 102 cm³/mol. The Morgan fingerprint density at radius 1 is 1.41 bits per heavy atom. The molecule has 1 aromatic carbocycles. The number of ether oxygens (including phenoxy) is 2. The van der Waals surface area contributed by atoms with Gasteiger partial charge in [0.05, 0.1) is 23.4 Å². The molecule has 0 aromatic heterocycles. The fourth-order valence-corrected chi connectivity index (χ4v) is 3.20. The molecule has 2 unspecified atom stereocenters. The van der Waals surface area contributed by atoms with Crippen molar-refractivity contribution in [3.63, 3.8) is 0 Å². The second kappa shape index (κ2) is 9.26. The van der Waals surface area contributed by atoms with Crippen molar-refractivity contribution < 1.29 is 23.5 Å². The van der Waals surface area contributed by atoms with Crippen LogP contribution in [0.2, 0.25) is 5.02 Å². The van der Waals surface area contributed by atoms with Crippen LogP contribution in [-0.4, -0.2) is 42.2 Å². The van der Waals surface area contributed by atoms with Crippen molar-refractivity contribution in [1.82, 2.24) is 4.90 Å². The Kier molecular flexibility index (Phi) is 7.30. The Balaban J connectivity index is 2.20. The molecule has 8 heteroatoms. The summed E-state index contributed by atoms with van der Waals surface area (Å²) in [6, 6.07) is 1.20. The number of anilines is 1. The lowest BCUT2D eigenvalue weighted by atomic mass is 9.92. The molecule has 2 atom stereocenters. The van der Waals surface area contributed by atoms with Crippen LogP contribution in [0.15, 0.2) is 12.1 Å². The van der Waals surface area contributed by atoms with Gasteiger partial charge in [-0.15, -0.1) is 0 Å². The number of benzene rings is 1. The van der Waals surface area contributed by atoms with E-state index in [4.69, 9.17) is 21.1 Å². The molecule has 2 rings (SSSR count). The molecule has 1 N–H and O–H groups in total. The highest BCUT2D eigenvalue weighted by atomic mass is 35.5. The summed E-state index contributed by atoms with van der Waals surface area (Å²) in [5, 5.41) is 2.65. The van der Waals surface area contributed by atoms with Crippen molar-refractivity contribution >= 4 is 29.3 Å². The minimum Gasteiger partial charge on any atom is -0.489 e. The normalized spacial score (nSPS) is 19.7. The Morgan fingerprint density at radius 3 is 2.74 bits per heavy atom. The Morgan fingerprint density at radius 2 is 2.11 bits per heavy atom. The zero-order valence-electron chi connectivity index (χ0n) is 16.1. The molecule has 0 bridgehead atoms. The number of hydrogen-bond acceptors (Lipinski definition) is 4. The van der Waals surface area contributed by atoms with Gasteiger partial charge in [0.1, 0.15) is 17.6 Å². The number of rotatable bonds is 5. The van der Waals surface area contributed by atoms with Gasteiger partial charge in [-0.05, 0) is 45.6 Å². The molecule has 1 aliphatic rings. The van der Waals surface area contributed by atoms with Gasteiger partial charge >= 0.3 is 12.0 Å². The summed E-state index contributed by atoms with van der Waals surface area (Å²) < 4.78 is 24.9. The van der Waals surface area contributed by atoms with Crippen LogP contribution in [0.4, 0.5) is 14.9 Å². The Hall–Kier alpha value is -2.02. The summed E-state index contributed by atoms with van der Waals surface area (Å²) in [7, 11) is 0. The number of hydrogen-bond donors (Lipinski definition) is 1. The number of esters is 1. The zero-order valence-corrected chi connectivity index (χ0v) is 16.8. The third-order valence-corrected chi connectivity index (χ3v) is 4.61. The number of halogens is 2. The van der Waals surface area contributed by atoms with Crippen LogP contribution in [0.25, 0.3) is 0 Å². The van der Waals surface area contributed by atoms with E-state index in [-0.39, 0.29) is 29.2 Å². The zero-order chi connectivity index (χ0) is 20.1. The summed E-state index contributed by atoms with van der Waals surface area (Å²) >= 11 is 6.00. The van der Waals surface area contributed by atoms with Gasteiger partial charge in [-0.2, -0.15) is 0 Å². The van der Waals surface area contributed by atoms with Crippen molar-refractivity contribution in [3.8, 4) is 5.75 Å². The second-order valence-corrected chi connectivity index (χ2v) is 7.36. The first-order valence-corrected chi connectivity index (χ1v) is 9.50. The van der Waals surface area contributed by atoms with Crippen molar-refractivity contribution in [3.05, 3.63) is 23.0 Å². The topological polar surface area (TPSA) is 67.9 Å². The number of nitrogens with zero attached hydrogens (tertiary/aromatic N) is 1. The first kappa shape index (κ1) is 21.3. The predicted octanol–water partition coefficient (Wildman–Crippen LogP) is 4.46. The minimum atomic E-state index is -0.685. The van der Waals surface area contributed by atoms with E-state index in [2.05, 4.69) is 5.32 Å². The highest BCUT2D eigenvalue weighted by Gasteiger charge is 2.36. The lowest BCUT2D eigenvalue weighted by molar-refractivity contribution is -0.150. The van der Waals surface area contributed by atoms with Crippen molar-refractivity contribution in [2.24, 2.45) is 5.92 Å². The summed E-state index contributed by atoms with van der Waals surface area (Å²) in [4.78, 5) is 26.4. The van der Waals surface area contributed by atoms with E-state index in [0.29, 0.717) is 18.9 Å². The highest BCUT2D eigenvalue weighted by molar-refractivity contribution is 6.32. The molecule has 0 radical (unpaired) electrons. The van der Waals surface area contributed by atoms with Crippen LogP contribution in [-0.2, 0) is 9.53 Å². The summed E-state index contributed by atoms with van der Waals surface area (Å²) in [6.07, 6.45) is 1.11. The minimum absolute atomic E-state index is 0.0544.